The van der Waals surface area contributed by atoms with Gasteiger partial charge in [-0.3, -0.25) is 0 Å². The molecule has 2 aromatic heterocycles. The topological polar surface area (TPSA) is 16.3 Å². The minimum Gasteiger partial charge on any atom is -0.310 e. The molecule has 16 aromatic carbocycles. The highest BCUT2D eigenvalue weighted by atomic mass is 15.2. The first-order chi connectivity index (χ1) is 51.4. The molecular weight excluding hydrogens is 1270 g/mol. The average Bonchev–Trinajstić information content (AvgIpc) is 1.67. The van der Waals surface area contributed by atoms with E-state index in [0.717, 1.165) is 123 Å². The minimum absolute atomic E-state index is 0.210. The van der Waals surface area contributed by atoms with Crippen LogP contribution in [0.1, 0.15) is 52.7 Å². The Morgan fingerprint density at radius 2 is 0.562 bits per heavy atom. The van der Waals surface area contributed by atoms with Crippen molar-refractivity contribution >= 4 is 122 Å². The number of para-hydroxylation sites is 4. The van der Waals surface area contributed by atoms with Crippen LogP contribution in [0.15, 0.2) is 346 Å². The Bertz CT molecular complexity index is 5990. The van der Waals surface area contributed by atoms with Crippen molar-refractivity contribution in [2.45, 2.75) is 52.4 Å². The van der Waals surface area contributed by atoms with E-state index in [1.807, 2.05) is 0 Å². The number of anilines is 6. The fourth-order valence-corrected chi connectivity index (χ4v) is 17.4. The van der Waals surface area contributed by atoms with Gasteiger partial charge >= 0.3 is 0 Å². The second-order valence-electron chi connectivity index (χ2n) is 30.8. The van der Waals surface area contributed by atoms with E-state index in [0.29, 0.717) is 0 Å². The Balaban J connectivity index is 0.993. The van der Waals surface area contributed by atoms with Crippen molar-refractivity contribution in [3.63, 3.8) is 0 Å². The predicted octanol–water partition coefficient (Wildman–Crippen LogP) is 25.2. The maximum atomic E-state index is 2.73. The average molecular weight is 1340 g/mol. The van der Waals surface area contributed by atoms with Crippen LogP contribution in [-0.2, 0) is 10.8 Å². The van der Waals surface area contributed by atoms with Crippen LogP contribution < -0.4 is 26.2 Å². The van der Waals surface area contributed by atoms with E-state index in [-0.39, 0.29) is 17.5 Å². The third-order valence-corrected chi connectivity index (χ3v) is 22.5. The van der Waals surface area contributed by atoms with Gasteiger partial charge in [-0.25, -0.2) is 0 Å². The molecule has 0 bridgehead atoms. The zero-order chi connectivity index (χ0) is 70.4. The quantitative estimate of drug-likeness (QED) is 0.106. The van der Waals surface area contributed by atoms with Gasteiger partial charge in [-0.15, -0.1) is 0 Å². The van der Waals surface area contributed by atoms with E-state index in [9.17, 15) is 0 Å². The summed E-state index contributed by atoms with van der Waals surface area (Å²) in [5, 5.41) is 9.74. The van der Waals surface area contributed by atoms with Crippen LogP contribution in [0.25, 0.3) is 132 Å². The summed E-state index contributed by atoms with van der Waals surface area (Å²) in [6.07, 6.45) is 0. The van der Waals surface area contributed by atoms with Crippen molar-refractivity contribution in [3.8, 4) is 67.0 Å². The van der Waals surface area contributed by atoms with Gasteiger partial charge in [-0.2, -0.15) is 0 Å². The van der Waals surface area contributed by atoms with E-state index >= 15 is 0 Å². The summed E-state index contributed by atoms with van der Waals surface area (Å²) in [6, 6.07) is 131. The summed E-state index contributed by atoms with van der Waals surface area (Å²) in [5.41, 5.74) is 30.8. The van der Waals surface area contributed by atoms with Gasteiger partial charge in [0.05, 0.1) is 33.4 Å². The van der Waals surface area contributed by atoms with Crippen molar-refractivity contribution in [2.24, 2.45) is 0 Å². The van der Waals surface area contributed by atoms with Gasteiger partial charge in [0, 0.05) is 77.9 Å². The smallest absolute Gasteiger partial charge is 0.252 e. The Morgan fingerprint density at radius 1 is 0.238 bits per heavy atom. The van der Waals surface area contributed by atoms with Gasteiger partial charge in [-0.05, 0) is 196 Å². The molecule has 498 valence electrons. The molecule has 0 saturated heterocycles. The minimum atomic E-state index is -0.271. The molecule has 0 saturated carbocycles. The zero-order valence-corrected chi connectivity index (χ0v) is 59.8. The molecule has 0 unspecified atom stereocenters. The normalized spacial score (nSPS) is 12.8. The van der Waals surface area contributed by atoms with Gasteiger partial charge in [0.1, 0.15) is 0 Å². The van der Waals surface area contributed by atoms with E-state index in [1.165, 1.54) is 70.6 Å². The number of hydrogen-bond acceptors (Lipinski definition) is 2. The first-order valence-electron chi connectivity index (χ1n) is 36.9. The Labute approximate surface area is 613 Å². The number of hydrogen-bond donors (Lipinski definition) is 0. The molecule has 5 heteroatoms. The Morgan fingerprint density at radius 3 is 0.924 bits per heavy atom. The summed E-state index contributed by atoms with van der Waals surface area (Å²) in [4.78, 5) is 5.46. The fraction of sp³-hybridized carbons (Fsp3) is 0.0800. The largest absolute Gasteiger partial charge is 0.310 e. The van der Waals surface area contributed by atoms with Crippen LogP contribution in [0.5, 0.6) is 0 Å². The van der Waals surface area contributed by atoms with Crippen molar-refractivity contribution in [2.75, 3.05) is 9.80 Å². The SMILES string of the molecule is CC(C)(C)c1cc(-c2ccccc2)c(N2c3cc(-n4c5ccccc5c5ccccc54)ccc3B3c4ccc(-n5c6ccccc6c6ccccc65)cc4N(c4c(-c5ccccc5)cc(C(C)(C)C)cc4-c4ccccc4)c4cc(-c5ccc6cc7ccccc7cc6c5)cc2c43)c(-c2ccccc2)c1. The molecule has 0 amide bonds. The highest BCUT2D eigenvalue weighted by molar-refractivity contribution is 7.00. The lowest BCUT2D eigenvalue weighted by atomic mass is 9.33. The molecule has 4 heterocycles. The van der Waals surface area contributed by atoms with E-state index < -0.39 is 0 Å². The van der Waals surface area contributed by atoms with Crippen LogP contribution >= 0.6 is 0 Å². The molecule has 18 aromatic rings. The number of nitrogens with zero attached hydrogens (tertiary/aromatic N) is 4. The fourth-order valence-electron chi connectivity index (χ4n) is 17.4. The summed E-state index contributed by atoms with van der Waals surface area (Å²) in [5.74, 6) is 0. The van der Waals surface area contributed by atoms with Gasteiger partial charge in [0.2, 0.25) is 0 Å². The highest BCUT2D eigenvalue weighted by Crippen LogP contribution is 2.56. The van der Waals surface area contributed by atoms with Crippen molar-refractivity contribution in [1.29, 1.82) is 0 Å². The molecule has 0 radical (unpaired) electrons. The van der Waals surface area contributed by atoms with Crippen LogP contribution in [0.2, 0.25) is 0 Å². The number of fused-ring (bicyclic) bond motifs is 12. The van der Waals surface area contributed by atoms with E-state index in [2.05, 4.69) is 406 Å². The van der Waals surface area contributed by atoms with Gasteiger partial charge in [0.25, 0.3) is 6.71 Å². The maximum absolute atomic E-state index is 2.73. The predicted molar refractivity (Wildman–Crippen MR) is 449 cm³/mol. The number of benzene rings is 16. The van der Waals surface area contributed by atoms with E-state index in [4.69, 9.17) is 0 Å². The lowest BCUT2D eigenvalue weighted by molar-refractivity contribution is 0.590. The number of aromatic nitrogens is 2. The molecule has 2 aliphatic rings. The standard InChI is InChI=1S/C100H75BN4/c1-99(2,3)74-58-82(64-29-11-7-12-30-64)97(83(59-74)65-31-13-8-14-32-65)104-92-62-76(102-88-43-25-21-39-78(88)79-40-22-26-44-89(79)102)49-51-86(92)101-87-52-50-77(103-90-45-27-23-41-80(90)81-42-24-28-46-91(81)103)63-93(87)105(98-84(66-33-15-9-16-34-66)60-75(100(4,5)6)61-85(98)67-35-17-10-18-36-67)95-57-73(56-94(104)96(95)101)71-48-47-70-53-68-37-19-20-38-69(68)54-72(70)55-71/h7-63H,1-6H3. The van der Waals surface area contributed by atoms with Crippen LogP contribution in [0.3, 0.4) is 0 Å². The summed E-state index contributed by atoms with van der Waals surface area (Å²) >= 11 is 0. The Hall–Kier alpha value is -12.7. The molecular formula is C100H75BN4. The van der Waals surface area contributed by atoms with Gasteiger partial charge < -0.3 is 18.9 Å². The lowest BCUT2D eigenvalue weighted by Gasteiger charge is -2.46. The molecule has 4 nitrogen and oxygen atoms in total. The second kappa shape index (κ2) is 24.0. The molecule has 0 aliphatic carbocycles. The number of rotatable bonds is 9. The highest BCUT2D eigenvalue weighted by Gasteiger charge is 2.46. The van der Waals surface area contributed by atoms with Gasteiger partial charge in [0.15, 0.2) is 0 Å². The zero-order valence-electron chi connectivity index (χ0n) is 59.8. The molecule has 20 rings (SSSR count). The second-order valence-corrected chi connectivity index (χ2v) is 30.8. The van der Waals surface area contributed by atoms with Crippen molar-refractivity contribution < 1.29 is 0 Å². The van der Waals surface area contributed by atoms with Crippen molar-refractivity contribution in [3.05, 3.63) is 357 Å². The molecule has 2 aliphatic heterocycles. The Kier molecular flexibility index (Phi) is 14.2. The summed E-state index contributed by atoms with van der Waals surface area (Å²) in [7, 11) is 0. The monoisotopic (exact) mass is 1340 g/mol. The summed E-state index contributed by atoms with van der Waals surface area (Å²) in [6.45, 7) is 13.9. The van der Waals surface area contributed by atoms with Crippen LogP contribution in [0.4, 0.5) is 34.1 Å². The maximum Gasteiger partial charge on any atom is 0.252 e. The van der Waals surface area contributed by atoms with Crippen LogP contribution in [0, 0.1) is 0 Å². The molecule has 0 atom stereocenters. The lowest BCUT2D eigenvalue weighted by Crippen LogP contribution is -2.61. The third kappa shape index (κ3) is 10.0. The molecule has 0 fully saturated rings. The third-order valence-electron chi connectivity index (χ3n) is 22.5. The summed E-state index contributed by atoms with van der Waals surface area (Å²) < 4.78 is 5.01. The first-order valence-corrected chi connectivity index (χ1v) is 36.9. The molecule has 0 spiro atoms. The van der Waals surface area contributed by atoms with E-state index in [1.54, 1.807) is 0 Å². The molecule has 105 heavy (non-hydrogen) atoms. The molecule has 0 N–H and O–H groups in total. The van der Waals surface area contributed by atoms with Crippen LogP contribution in [-0.4, -0.2) is 15.8 Å². The van der Waals surface area contributed by atoms with Gasteiger partial charge in [-0.1, -0.05) is 284 Å². The van der Waals surface area contributed by atoms with Crippen molar-refractivity contribution in [1.82, 2.24) is 9.13 Å². The first kappa shape index (κ1) is 62.1.